The van der Waals surface area contributed by atoms with Crippen molar-refractivity contribution in [3.8, 4) is 11.5 Å². The molecule has 122 valence electrons. The summed E-state index contributed by atoms with van der Waals surface area (Å²) in [5.74, 6) is 1.37. The van der Waals surface area contributed by atoms with Crippen LogP contribution in [0.25, 0.3) is 0 Å². The van der Waals surface area contributed by atoms with Crippen LogP contribution in [-0.2, 0) is 6.42 Å². The summed E-state index contributed by atoms with van der Waals surface area (Å²) in [7, 11) is 3.24. The highest BCUT2D eigenvalue weighted by molar-refractivity contribution is 6.31. The molecule has 2 N–H and O–H groups in total. The van der Waals surface area contributed by atoms with E-state index in [1.54, 1.807) is 20.3 Å². The first-order valence-corrected chi connectivity index (χ1v) is 7.94. The Morgan fingerprint density at radius 1 is 1.17 bits per heavy atom. The standard InChI is InChI=1S/C18H20ClNO3/c1-22-15-9-11-7-8-20-17(13(11)10-16(15)23-2)18(21)12-5-3-4-6-14(12)19/h3-6,9-10,17-18,20-21H,7-8H2,1-2H3. The largest absolute Gasteiger partial charge is 0.493 e. The van der Waals surface area contributed by atoms with Gasteiger partial charge in [0, 0.05) is 10.6 Å². The summed E-state index contributed by atoms with van der Waals surface area (Å²) in [6, 6.07) is 11.1. The van der Waals surface area contributed by atoms with Crippen LogP contribution in [0.3, 0.4) is 0 Å². The van der Waals surface area contributed by atoms with Crippen LogP contribution in [0.2, 0.25) is 5.02 Å². The van der Waals surface area contributed by atoms with Crippen LogP contribution in [0, 0.1) is 0 Å². The van der Waals surface area contributed by atoms with Crippen LogP contribution in [0.4, 0.5) is 0 Å². The lowest BCUT2D eigenvalue weighted by Crippen LogP contribution is -2.34. The summed E-state index contributed by atoms with van der Waals surface area (Å²) in [6.45, 7) is 0.786. The SMILES string of the molecule is COc1cc2c(cc1OC)C(C(O)c1ccccc1Cl)NCC2. The molecule has 1 heterocycles. The fourth-order valence-corrected chi connectivity index (χ4v) is 3.34. The molecule has 2 unspecified atom stereocenters. The van der Waals surface area contributed by atoms with Gasteiger partial charge in [0.25, 0.3) is 0 Å². The third-order valence-corrected chi connectivity index (χ3v) is 4.62. The number of aliphatic hydroxyl groups is 1. The van der Waals surface area contributed by atoms with E-state index >= 15 is 0 Å². The zero-order chi connectivity index (χ0) is 16.4. The van der Waals surface area contributed by atoms with Crippen molar-refractivity contribution in [3.63, 3.8) is 0 Å². The van der Waals surface area contributed by atoms with Crippen molar-refractivity contribution in [1.82, 2.24) is 5.32 Å². The highest BCUT2D eigenvalue weighted by atomic mass is 35.5. The van der Waals surface area contributed by atoms with Crippen molar-refractivity contribution in [3.05, 3.63) is 58.1 Å². The molecule has 0 fully saturated rings. The van der Waals surface area contributed by atoms with E-state index in [0.717, 1.165) is 24.1 Å². The van der Waals surface area contributed by atoms with E-state index in [-0.39, 0.29) is 6.04 Å². The number of methoxy groups -OCH3 is 2. The smallest absolute Gasteiger partial charge is 0.161 e. The molecule has 0 aromatic heterocycles. The Bertz CT molecular complexity index is 705. The molecule has 2 aromatic rings. The molecule has 1 aliphatic heterocycles. The van der Waals surface area contributed by atoms with Gasteiger partial charge >= 0.3 is 0 Å². The summed E-state index contributed by atoms with van der Waals surface area (Å²) in [5.41, 5.74) is 2.88. The van der Waals surface area contributed by atoms with Gasteiger partial charge < -0.3 is 19.9 Å². The highest BCUT2D eigenvalue weighted by Gasteiger charge is 2.30. The van der Waals surface area contributed by atoms with Gasteiger partial charge in [0.15, 0.2) is 11.5 Å². The Morgan fingerprint density at radius 2 is 1.87 bits per heavy atom. The molecule has 0 aliphatic carbocycles. The van der Waals surface area contributed by atoms with E-state index in [0.29, 0.717) is 22.1 Å². The summed E-state index contributed by atoms with van der Waals surface area (Å²) in [5, 5.41) is 14.8. The number of rotatable bonds is 4. The van der Waals surface area contributed by atoms with Gasteiger partial charge in [0.2, 0.25) is 0 Å². The molecule has 0 saturated carbocycles. The predicted molar refractivity (Wildman–Crippen MR) is 90.4 cm³/mol. The van der Waals surface area contributed by atoms with Gasteiger partial charge in [-0.15, -0.1) is 0 Å². The molecular formula is C18H20ClNO3. The average molecular weight is 334 g/mol. The van der Waals surface area contributed by atoms with E-state index < -0.39 is 6.10 Å². The number of aliphatic hydroxyl groups excluding tert-OH is 1. The normalized spacial score (nSPS) is 18.2. The first-order valence-electron chi connectivity index (χ1n) is 7.56. The summed E-state index contributed by atoms with van der Waals surface area (Å²) < 4.78 is 10.8. The number of nitrogens with one attached hydrogen (secondary N) is 1. The van der Waals surface area contributed by atoms with Crippen LogP contribution in [0.5, 0.6) is 11.5 Å². The minimum atomic E-state index is -0.735. The second kappa shape index (κ2) is 6.79. The minimum absolute atomic E-state index is 0.238. The van der Waals surface area contributed by atoms with Crippen molar-refractivity contribution in [2.24, 2.45) is 0 Å². The van der Waals surface area contributed by atoms with E-state index in [1.165, 1.54) is 0 Å². The molecule has 0 amide bonds. The van der Waals surface area contributed by atoms with Gasteiger partial charge in [-0.2, -0.15) is 0 Å². The van der Waals surface area contributed by atoms with Gasteiger partial charge in [0.05, 0.1) is 26.4 Å². The zero-order valence-corrected chi connectivity index (χ0v) is 13.9. The first-order chi connectivity index (χ1) is 11.2. The molecule has 0 spiro atoms. The Labute approximate surface area is 141 Å². The number of benzene rings is 2. The summed E-state index contributed by atoms with van der Waals surface area (Å²) >= 11 is 6.24. The van der Waals surface area contributed by atoms with E-state index in [4.69, 9.17) is 21.1 Å². The molecule has 0 bridgehead atoms. The third-order valence-electron chi connectivity index (χ3n) is 4.28. The fourth-order valence-electron chi connectivity index (χ4n) is 3.09. The molecule has 23 heavy (non-hydrogen) atoms. The lowest BCUT2D eigenvalue weighted by molar-refractivity contribution is 0.125. The van der Waals surface area contributed by atoms with Gasteiger partial charge in [0.1, 0.15) is 0 Å². The summed E-state index contributed by atoms with van der Waals surface area (Å²) in [6.07, 6.45) is 0.141. The summed E-state index contributed by atoms with van der Waals surface area (Å²) in [4.78, 5) is 0. The lowest BCUT2D eigenvalue weighted by atomic mass is 9.88. The van der Waals surface area contributed by atoms with E-state index in [2.05, 4.69) is 5.32 Å². The molecule has 1 aliphatic rings. The van der Waals surface area contributed by atoms with E-state index in [1.807, 2.05) is 30.3 Å². The first kappa shape index (κ1) is 16.1. The Hall–Kier alpha value is -1.75. The van der Waals surface area contributed by atoms with Gasteiger partial charge in [-0.05, 0) is 42.3 Å². The second-order valence-electron chi connectivity index (χ2n) is 5.55. The maximum atomic E-state index is 10.8. The Morgan fingerprint density at radius 3 is 2.57 bits per heavy atom. The van der Waals surface area contributed by atoms with Crippen molar-refractivity contribution >= 4 is 11.6 Å². The number of hydrogen-bond acceptors (Lipinski definition) is 4. The third kappa shape index (κ3) is 3.02. The van der Waals surface area contributed by atoms with Crippen molar-refractivity contribution in [1.29, 1.82) is 0 Å². The van der Waals surface area contributed by atoms with Crippen LogP contribution in [0.15, 0.2) is 36.4 Å². The highest BCUT2D eigenvalue weighted by Crippen LogP contribution is 2.40. The number of fused-ring (bicyclic) bond motifs is 1. The monoisotopic (exact) mass is 333 g/mol. The lowest BCUT2D eigenvalue weighted by Gasteiger charge is -2.32. The fraction of sp³-hybridized carbons (Fsp3) is 0.333. The topological polar surface area (TPSA) is 50.7 Å². The van der Waals surface area contributed by atoms with Crippen molar-refractivity contribution in [2.75, 3.05) is 20.8 Å². The van der Waals surface area contributed by atoms with Crippen LogP contribution in [0.1, 0.15) is 28.8 Å². The maximum Gasteiger partial charge on any atom is 0.161 e. The predicted octanol–water partition coefficient (Wildman–Crippen LogP) is 3.28. The maximum absolute atomic E-state index is 10.8. The molecule has 0 radical (unpaired) electrons. The van der Waals surface area contributed by atoms with Gasteiger partial charge in [-0.1, -0.05) is 29.8 Å². The van der Waals surface area contributed by atoms with Crippen molar-refractivity contribution in [2.45, 2.75) is 18.6 Å². The average Bonchev–Trinajstić information content (AvgIpc) is 2.59. The Kier molecular flexibility index (Phi) is 4.76. The van der Waals surface area contributed by atoms with Crippen LogP contribution >= 0.6 is 11.6 Å². The number of halogens is 1. The number of hydrogen-bond donors (Lipinski definition) is 2. The van der Waals surface area contributed by atoms with Crippen LogP contribution in [-0.4, -0.2) is 25.9 Å². The molecule has 5 heteroatoms. The number of ether oxygens (including phenoxy) is 2. The molecule has 4 nitrogen and oxygen atoms in total. The molecular weight excluding hydrogens is 314 g/mol. The molecule has 2 atom stereocenters. The molecule has 0 saturated heterocycles. The van der Waals surface area contributed by atoms with Crippen molar-refractivity contribution < 1.29 is 14.6 Å². The minimum Gasteiger partial charge on any atom is -0.493 e. The Balaban J connectivity index is 2.02. The second-order valence-corrected chi connectivity index (χ2v) is 5.96. The van der Waals surface area contributed by atoms with Gasteiger partial charge in [-0.25, -0.2) is 0 Å². The van der Waals surface area contributed by atoms with Crippen LogP contribution < -0.4 is 14.8 Å². The zero-order valence-electron chi connectivity index (χ0n) is 13.2. The van der Waals surface area contributed by atoms with Gasteiger partial charge in [-0.3, -0.25) is 0 Å². The quantitative estimate of drug-likeness (QED) is 0.901. The molecule has 3 rings (SSSR count). The molecule has 2 aromatic carbocycles. The van der Waals surface area contributed by atoms with E-state index in [9.17, 15) is 5.11 Å².